The highest BCUT2D eigenvalue weighted by Gasteiger charge is 2.19. The lowest BCUT2D eigenvalue weighted by Gasteiger charge is -2.19. The van der Waals surface area contributed by atoms with Crippen molar-refractivity contribution in [3.05, 3.63) is 93.9 Å². The molecular formula is C21H20Cl2N2O2. The molecule has 2 atom stereocenters. The van der Waals surface area contributed by atoms with Crippen molar-refractivity contribution >= 4 is 29.1 Å². The molecule has 0 radical (unpaired) electrons. The van der Waals surface area contributed by atoms with Crippen molar-refractivity contribution in [3.8, 4) is 0 Å². The zero-order valence-electron chi connectivity index (χ0n) is 14.8. The summed E-state index contributed by atoms with van der Waals surface area (Å²) in [5, 5.41) is 7.30. The number of benzene rings is 2. The molecule has 0 saturated carbocycles. The number of nitrogens with one attached hydrogen (secondary N) is 2. The Morgan fingerprint density at radius 2 is 1.85 bits per heavy atom. The van der Waals surface area contributed by atoms with Gasteiger partial charge < -0.3 is 9.73 Å². The number of rotatable bonds is 7. The third-order valence-electron chi connectivity index (χ3n) is 4.23. The Kier molecular flexibility index (Phi) is 6.56. The van der Waals surface area contributed by atoms with E-state index in [1.165, 1.54) is 0 Å². The van der Waals surface area contributed by atoms with Gasteiger partial charge in [0.25, 0.3) is 0 Å². The van der Waals surface area contributed by atoms with Crippen LogP contribution in [0.5, 0.6) is 0 Å². The maximum Gasteiger partial charge on any atom is 0.234 e. The minimum atomic E-state index is -0.233. The van der Waals surface area contributed by atoms with Gasteiger partial charge in [0, 0.05) is 10.0 Å². The Labute approximate surface area is 168 Å². The molecule has 1 aromatic heterocycles. The summed E-state index contributed by atoms with van der Waals surface area (Å²) in [6.45, 7) is 2.02. The molecule has 0 bridgehead atoms. The molecule has 140 valence electrons. The molecule has 0 aliphatic rings. The number of furan rings is 1. The van der Waals surface area contributed by atoms with Gasteiger partial charge in [-0.1, -0.05) is 59.6 Å². The van der Waals surface area contributed by atoms with Crippen LogP contribution in [0.25, 0.3) is 0 Å². The van der Waals surface area contributed by atoms with Crippen molar-refractivity contribution in [2.24, 2.45) is 0 Å². The smallest absolute Gasteiger partial charge is 0.234 e. The van der Waals surface area contributed by atoms with Gasteiger partial charge in [-0.25, -0.2) is 0 Å². The first kappa shape index (κ1) is 19.5. The van der Waals surface area contributed by atoms with Crippen LogP contribution in [-0.4, -0.2) is 12.5 Å². The Balaban J connectivity index is 1.64. The zero-order chi connectivity index (χ0) is 19.2. The van der Waals surface area contributed by atoms with Crippen LogP contribution >= 0.6 is 23.2 Å². The van der Waals surface area contributed by atoms with Crippen LogP contribution in [0.4, 0.5) is 0 Å². The van der Waals surface area contributed by atoms with Gasteiger partial charge in [0.1, 0.15) is 5.76 Å². The van der Waals surface area contributed by atoms with Gasteiger partial charge in [-0.2, -0.15) is 0 Å². The van der Waals surface area contributed by atoms with Gasteiger partial charge in [0.05, 0.1) is 24.9 Å². The molecule has 0 saturated heterocycles. The molecule has 0 aliphatic carbocycles. The molecule has 4 nitrogen and oxygen atoms in total. The van der Waals surface area contributed by atoms with Crippen molar-refractivity contribution in [1.29, 1.82) is 0 Å². The highest BCUT2D eigenvalue weighted by atomic mass is 35.5. The average molecular weight is 403 g/mol. The minimum absolute atomic E-state index is 0.135. The molecule has 2 aromatic carbocycles. The molecule has 0 unspecified atom stereocenters. The van der Waals surface area contributed by atoms with E-state index in [9.17, 15) is 4.79 Å². The lowest BCUT2D eigenvalue weighted by molar-refractivity contribution is -0.121. The Morgan fingerprint density at radius 3 is 2.52 bits per heavy atom. The summed E-state index contributed by atoms with van der Waals surface area (Å²) in [5.41, 5.74) is 1.84. The van der Waals surface area contributed by atoms with Crippen molar-refractivity contribution in [1.82, 2.24) is 10.6 Å². The van der Waals surface area contributed by atoms with Gasteiger partial charge >= 0.3 is 0 Å². The highest BCUT2D eigenvalue weighted by Crippen LogP contribution is 2.26. The van der Waals surface area contributed by atoms with Crippen LogP contribution in [-0.2, 0) is 4.79 Å². The second-order valence-electron chi connectivity index (χ2n) is 6.20. The summed E-state index contributed by atoms with van der Waals surface area (Å²) in [6.07, 6.45) is 1.62. The van der Waals surface area contributed by atoms with Gasteiger partial charge in [0.2, 0.25) is 5.91 Å². The zero-order valence-corrected chi connectivity index (χ0v) is 16.3. The Hall–Kier alpha value is -2.27. The van der Waals surface area contributed by atoms with E-state index in [1.807, 2.05) is 55.5 Å². The van der Waals surface area contributed by atoms with Gasteiger partial charge in [-0.3, -0.25) is 10.1 Å². The molecule has 27 heavy (non-hydrogen) atoms. The van der Waals surface area contributed by atoms with E-state index in [0.29, 0.717) is 10.0 Å². The molecule has 3 rings (SSSR count). The van der Waals surface area contributed by atoms with Crippen molar-refractivity contribution in [2.45, 2.75) is 19.0 Å². The Morgan fingerprint density at radius 1 is 1.07 bits per heavy atom. The third kappa shape index (κ3) is 5.13. The number of halogens is 2. The number of hydrogen-bond donors (Lipinski definition) is 2. The van der Waals surface area contributed by atoms with Crippen LogP contribution in [0.1, 0.15) is 35.9 Å². The number of carbonyl (C=O) groups excluding carboxylic acids is 1. The standard InChI is InChI=1S/C21H20Cl2N2O2/c1-14(17-10-9-16(22)12-18(17)23)25-20(26)13-24-21(19-8-5-11-27-19)15-6-3-2-4-7-15/h2-12,14,21,24H,13H2,1H3,(H,25,26)/t14-,21-/m0/s1. The second kappa shape index (κ2) is 9.09. The van der Waals surface area contributed by atoms with E-state index < -0.39 is 0 Å². The third-order valence-corrected chi connectivity index (χ3v) is 4.80. The summed E-state index contributed by atoms with van der Waals surface area (Å²) in [4.78, 5) is 12.4. The molecular weight excluding hydrogens is 383 g/mol. The first-order valence-electron chi connectivity index (χ1n) is 8.60. The lowest BCUT2D eigenvalue weighted by Crippen LogP contribution is -2.37. The van der Waals surface area contributed by atoms with Crippen molar-refractivity contribution < 1.29 is 9.21 Å². The van der Waals surface area contributed by atoms with Gasteiger partial charge in [0.15, 0.2) is 0 Å². The van der Waals surface area contributed by atoms with Gasteiger partial charge in [-0.15, -0.1) is 0 Å². The first-order valence-corrected chi connectivity index (χ1v) is 9.36. The van der Waals surface area contributed by atoms with Crippen LogP contribution in [0.15, 0.2) is 71.3 Å². The molecule has 0 aliphatic heterocycles. The molecule has 6 heteroatoms. The topological polar surface area (TPSA) is 54.3 Å². The maximum absolute atomic E-state index is 12.4. The molecule has 2 N–H and O–H groups in total. The van der Waals surface area contributed by atoms with E-state index in [1.54, 1.807) is 18.4 Å². The average Bonchev–Trinajstić information content (AvgIpc) is 3.17. The predicted octanol–water partition coefficient (Wildman–Crippen LogP) is 5.14. The van der Waals surface area contributed by atoms with E-state index in [2.05, 4.69) is 10.6 Å². The fourth-order valence-electron chi connectivity index (χ4n) is 2.90. The monoisotopic (exact) mass is 402 g/mol. The van der Waals surface area contributed by atoms with Crippen LogP contribution < -0.4 is 10.6 Å². The van der Waals surface area contributed by atoms with Crippen molar-refractivity contribution in [2.75, 3.05) is 6.54 Å². The summed E-state index contributed by atoms with van der Waals surface area (Å²) >= 11 is 12.1. The van der Waals surface area contributed by atoms with E-state index in [0.717, 1.165) is 16.9 Å². The normalized spacial score (nSPS) is 13.1. The largest absolute Gasteiger partial charge is 0.467 e. The summed E-state index contributed by atoms with van der Waals surface area (Å²) < 4.78 is 5.54. The lowest BCUT2D eigenvalue weighted by atomic mass is 10.0. The number of amides is 1. The molecule has 0 spiro atoms. The fourth-order valence-corrected chi connectivity index (χ4v) is 3.47. The Bertz CT molecular complexity index is 882. The van der Waals surface area contributed by atoms with Crippen molar-refractivity contribution in [3.63, 3.8) is 0 Å². The predicted molar refractivity (Wildman–Crippen MR) is 108 cm³/mol. The van der Waals surface area contributed by atoms with E-state index in [4.69, 9.17) is 27.6 Å². The molecule has 1 heterocycles. The summed E-state index contributed by atoms with van der Waals surface area (Å²) in [5.74, 6) is 0.615. The summed E-state index contributed by atoms with van der Waals surface area (Å²) in [7, 11) is 0. The second-order valence-corrected chi connectivity index (χ2v) is 7.04. The molecule has 1 amide bonds. The number of carbonyl (C=O) groups is 1. The van der Waals surface area contributed by atoms with Gasteiger partial charge in [-0.05, 0) is 42.3 Å². The van der Waals surface area contributed by atoms with E-state index >= 15 is 0 Å². The SMILES string of the molecule is C[C@H](NC(=O)CN[C@@H](c1ccccc1)c1ccco1)c1ccc(Cl)cc1Cl. The number of hydrogen-bond acceptors (Lipinski definition) is 3. The van der Waals surface area contributed by atoms with E-state index in [-0.39, 0.29) is 24.5 Å². The minimum Gasteiger partial charge on any atom is -0.467 e. The van der Waals surface area contributed by atoms with Crippen LogP contribution in [0.2, 0.25) is 10.0 Å². The maximum atomic E-state index is 12.4. The highest BCUT2D eigenvalue weighted by molar-refractivity contribution is 6.35. The fraction of sp³-hybridized carbons (Fsp3) is 0.190. The van der Waals surface area contributed by atoms with Crippen LogP contribution in [0, 0.1) is 0 Å². The summed E-state index contributed by atoms with van der Waals surface area (Å²) in [6, 6.07) is 18.4. The quantitative estimate of drug-likeness (QED) is 0.574. The first-order chi connectivity index (χ1) is 13.0. The molecule has 3 aromatic rings. The van der Waals surface area contributed by atoms with Crippen LogP contribution in [0.3, 0.4) is 0 Å². The molecule has 0 fully saturated rings.